The zero-order valence-corrected chi connectivity index (χ0v) is 21.5. The van der Waals surface area contributed by atoms with Crippen molar-refractivity contribution in [3.63, 3.8) is 0 Å². The predicted octanol–water partition coefficient (Wildman–Crippen LogP) is 4.15. The van der Waals surface area contributed by atoms with Gasteiger partial charge in [-0.2, -0.15) is 0 Å². The molecule has 0 radical (unpaired) electrons. The second kappa shape index (κ2) is 9.58. The molecule has 0 bridgehead atoms. The first kappa shape index (κ1) is 22.6. The van der Waals surface area contributed by atoms with Gasteiger partial charge in [-0.05, 0) is 0 Å². The van der Waals surface area contributed by atoms with E-state index in [1.807, 2.05) is 36.1 Å². The molecule has 8 heteroatoms. The number of halogens is 1. The van der Waals surface area contributed by atoms with E-state index < -0.39 is 20.1 Å². The number of nitrogens with zero attached hydrogens (tertiary/aromatic N) is 4. The average molecular weight is 561 g/mol. The Morgan fingerprint density at radius 2 is 2.09 bits per heavy atom. The van der Waals surface area contributed by atoms with E-state index in [0.717, 1.165) is 60.6 Å². The molecule has 1 aromatic rings. The maximum atomic E-state index is 13.6. The second-order valence-electron chi connectivity index (χ2n) is 8.93. The number of rotatable bonds is 4. The predicted molar refractivity (Wildman–Crippen MR) is 141 cm³/mol. The minimum atomic E-state index is -1.85. The van der Waals surface area contributed by atoms with Crippen LogP contribution in [0.4, 0.5) is 0 Å². The monoisotopic (exact) mass is 561 g/mol. The second-order valence-corrected chi connectivity index (χ2v) is 12.8. The molecular formula is C25H32IN5O2. The average Bonchev–Trinajstić information content (AvgIpc) is 3.44. The van der Waals surface area contributed by atoms with Crippen LogP contribution >= 0.6 is 20.1 Å². The summed E-state index contributed by atoms with van der Waals surface area (Å²) in [7, 11) is 0. The quantitative estimate of drug-likeness (QED) is 0.443. The number of benzene rings is 1. The van der Waals surface area contributed by atoms with E-state index in [0.29, 0.717) is 17.9 Å². The van der Waals surface area contributed by atoms with Crippen LogP contribution in [0.1, 0.15) is 49.9 Å². The Labute approximate surface area is 203 Å². The van der Waals surface area contributed by atoms with Gasteiger partial charge in [0, 0.05) is 0 Å². The van der Waals surface area contributed by atoms with E-state index in [-0.39, 0.29) is 18.0 Å². The fourth-order valence-corrected chi connectivity index (χ4v) is 8.96. The van der Waals surface area contributed by atoms with Crippen LogP contribution in [-0.2, 0) is 0 Å². The van der Waals surface area contributed by atoms with Crippen LogP contribution in [0.3, 0.4) is 0 Å². The number of piperidine rings is 1. The molecule has 0 saturated carbocycles. The van der Waals surface area contributed by atoms with Crippen LogP contribution in [0.15, 0.2) is 51.9 Å². The number of aliphatic imine (C=N–C) groups is 1. The number of hydrogen-bond donors (Lipinski definition) is 1. The van der Waals surface area contributed by atoms with Gasteiger partial charge in [0.15, 0.2) is 0 Å². The van der Waals surface area contributed by atoms with E-state index in [2.05, 4.69) is 22.0 Å². The molecule has 1 aromatic carbocycles. The fraction of sp³-hybridized carbons (Fsp3) is 0.480. The van der Waals surface area contributed by atoms with Gasteiger partial charge >= 0.3 is 204 Å². The molecule has 4 aliphatic heterocycles. The van der Waals surface area contributed by atoms with Gasteiger partial charge in [0.05, 0.1) is 0 Å². The summed E-state index contributed by atoms with van der Waals surface area (Å²) in [6.07, 6.45) is 6.25. The van der Waals surface area contributed by atoms with E-state index in [4.69, 9.17) is 18.7 Å². The molecular weight excluding hydrogens is 529 g/mol. The summed E-state index contributed by atoms with van der Waals surface area (Å²) >= 11 is -1.85. The molecule has 7 nitrogen and oxygen atoms in total. The van der Waals surface area contributed by atoms with Crippen molar-refractivity contribution in [1.82, 2.24) is 9.80 Å². The van der Waals surface area contributed by atoms with Crippen molar-refractivity contribution in [2.24, 2.45) is 13.9 Å². The van der Waals surface area contributed by atoms with Crippen LogP contribution in [0.2, 0.25) is 0 Å². The fourth-order valence-electron chi connectivity index (χ4n) is 4.91. The third kappa shape index (κ3) is 4.47. The number of fused-ring (bicyclic) bond motifs is 1. The first-order valence-corrected chi connectivity index (χ1v) is 15.1. The van der Waals surface area contributed by atoms with Crippen molar-refractivity contribution in [1.29, 1.82) is 0 Å². The van der Waals surface area contributed by atoms with E-state index in [1.54, 1.807) is 0 Å². The Balaban J connectivity index is 1.41. The molecule has 2 N–H and O–H groups in total. The Morgan fingerprint density at radius 3 is 2.88 bits per heavy atom. The van der Waals surface area contributed by atoms with Gasteiger partial charge in [-0.25, -0.2) is 0 Å². The zero-order valence-electron chi connectivity index (χ0n) is 19.3. The number of amides is 1. The van der Waals surface area contributed by atoms with Gasteiger partial charge < -0.3 is 0 Å². The van der Waals surface area contributed by atoms with Crippen molar-refractivity contribution >= 4 is 37.5 Å². The van der Waals surface area contributed by atoms with Crippen LogP contribution < -0.4 is 10.5 Å². The van der Waals surface area contributed by atoms with Gasteiger partial charge in [0.2, 0.25) is 0 Å². The third-order valence-electron chi connectivity index (χ3n) is 6.53. The van der Waals surface area contributed by atoms with Gasteiger partial charge in [-0.15, -0.1) is 0 Å². The van der Waals surface area contributed by atoms with E-state index in [9.17, 15) is 4.79 Å². The number of amidine groups is 1. The molecule has 0 aromatic heterocycles. The molecule has 5 rings (SSSR count). The van der Waals surface area contributed by atoms with Gasteiger partial charge in [-0.3, -0.25) is 0 Å². The first-order valence-electron chi connectivity index (χ1n) is 11.8. The molecule has 33 heavy (non-hydrogen) atoms. The molecule has 176 valence electrons. The van der Waals surface area contributed by atoms with Crippen LogP contribution in [0, 0.1) is 0 Å². The van der Waals surface area contributed by atoms with Crippen molar-refractivity contribution in [2.45, 2.75) is 51.6 Å². The summed E-state index contributed by atoms with van der Waals surface area (Å²) in [5.74, 6) is 1.74. The summed E-state index contributed by atoms with van der Waals surface area (Å²) < 4.78 is 14.4. The molecule has 4 aliphatic rings. The number of para-hydroxylation sites is 1. The van der Waals surface area contributed by atoms with Crippen LogP contribution in [-0.4, -0.2) is 65.6 Å². The molecule has 2 saturated heterocycles. The summed E-state index contributed by atoms with van der Waals surface area (Å²) in [4.78, 5) is 23.0. The Morgan fingerprint density at radius 1 is 1.24 bits per heavy atom. The molecule has 2 atom stereocenters. The summed E-state index contributed by atoms with van der Waals surface area (Å²) in [6.45, 7) is 7.20. The van der Waals surface area contributed by atoms with Crippen molar-refractivity contribution in [2.75, 3.05) is 26.2 Å². The number of carbonyl (C=O) groups is 1. The molecule has 0 unspecified atom stereocenters. The molecule has 2 fully saturated rings. The normalized spacial score (nSPS) is 25.8. The van der Waals surface area contributed by atoms with Crippen molar-refractivity contribution < 1.29 is 9.53 Å². The maximum absolute atomic E-state index is 13.6. The van der Waals surface area contributed by atoms with Crippen molar-refractivity contribution in [3.05, 3.63) is 49.3 Å². The van der Waals surface area contributed by atoms with Gasteiger partial charge in [-0.1, -0.05) is 0 Å². The van der Waals surface area contributed by atoms with Gasteiger partial charge in [0.25, 0.3) is 0 Å². The molecule has 1 amide bonds. The number of likely N-dealkylation sites (tertiary alicyclic amines) is 2. The van der Waals surface area contributed by atoms with Crippen LogP contribution in [0.25, 0.3) is 0 Å². The molecule has 0 spiro atoms. The van der Waals surface area contributed by atoms with Crippen LogP contribution in [0.5, 0.6) is 5.75 Å². The molecule has 0 aliphatic carbocycles. The Hall–Kier alpha value is -2.20. The third-order valence-corrected chi connectivity index (χ3v) is 10.8. The molecule has 4 heterocycles. The Bertz CT molecular complexity index is 1060. The topological polar surface area (TPSA) is 83.5 Å². The first-order chi connectivity index (χ1) is 16.0. The Kier molecular flexibility index (Phi) is 6.56. The summed E-state index contributed by atoms with van der Waals surface area (Å²) in [6, 6.07) is 7.79. The zero-order chi connectivity index (χ0) is 22.9. The van der Waals surface area contributed by atoms with Crippen molar-refractivity contribution in [3.8, 4) is 5.75 Å². The van der Waals surface area contributed by atoms with E-state index in [1.165, 1.54) is 5.57 Å². The minimum absolute atomic E-state index is 0.00361. The number of hydrogen-bond acceptors (Lipinski definition) is 6. The standard InChI is InChI=1S/C25H32IN5O2/c1-3-33-22-10-5-4-8-19(22)25(32)31-12-7-6-9-21(31)20-14-23-26(29-20)15-17(2)24(28-23)30-13-11-18(27)16-30/h4-5,8,10,14-15,18,21H,3,6-7,9,11-13,16,27H2,1-2H3/t18-,21-/m0/s1. The van der Waals surface area contributed by atoms with E-state index >= 15 is 0 Å². The van der Waals surface area contributed by atoms with Gasteiger partial charge in [0.1, 0.15) is 0 Å². The summed E-state index contributed by atoms with van der Waals surface area (Å²) in [5.41, 5.74) is 9.02. The SMILES string of the molecule is CCOc1ccccc1C(=O)N1CCCC[C@H]1C1=NI2C=C(C)C(N3CC[C@H](N)C3)=NC2=C1. The summed E-state index contributed by atoms with van der Waals surface area (Å²) in [5, 5.41) is 0. The number of carbonyl (C=O) groups excluding carboxylic acids is 1. The number of nitrogens with two attached hydrogens (primary N) is 1. The number of ether oxygens (including phenoxy) is 1.